The molecule has 78 valence electrons. The van der Waals surface area contributed by atoms with Crippen LogP contribution in [0.1, 0.15) is 52.9 Å². The van der Waals surface area contributed by atoms with Gasteiger partial charge in [-0.05, 0) is 49.5 Å². The molecule has 1 heteroatoms. The molecule has 0 spiro atoms. The summed E-state index contributed by atoms with van der Waals surface area (Å²) in [6, 6.07) is 0. The fraction of sp³-hybridized carbons (Fsp3) is 1.00. The second-order valence-electron chi connectivity index (χ2n) is 5.45. The van der Waals surface area contributed by atoms with Gasteiger partial charge in [-0.25, -0.2) is 0 Å². The van der Waals surface area contributed by atoms with Crippen LogP contribution >= 0.6 is 0 Å². The van der Waals surface area contributed by atoms with E-state index in [0.29, 0.717) is 5.41 Å². The van der Waals surface area contributed by atoms with Gasteiger partial charge in [0.15, 0.2) is 0 Å². The van der Waals surface area contributed by atoms with Crippen LogP contribution in [0.3, 0.4) is 0 Å². The molecule has 0 aromatic carbocycles. The SMILES string of the molecule is CCCC(CN)C1CCC(C)(C)C1. The van der Waals surface area contributed by atoms with E-state index in [4.69, 9.17) is 5.73 Å². The fourth-order valence-corrected chi connectivity index (χ4v) is 2.81. The summed E-state index contributed by atoms with van der Waals surface area (Å²) >= 11 is 0. The molecule has 1 fully saturated rings. The van der Waals surface area contributed by atoms with Crippen molar-refractivity contribution in [2.45, 2.75) is 52.9 Å². The smallest absolute Gasteiger partial charge is 0.00462 e. The molecule has 2 atom stereocenters. The third-order valence-corrected chi connectivity index (χ3v) is 3.64. The molecule has 0 radical (unpaired) electrons. The van der Waals surface area contributed by atoms with Gasteiger partial charge in [0.1, 0.15) is 0 Å². The van der Waals surface area contributed by atoms with Crippen molar-refractivity contribution in [3.8, 4) is 0 Å². The molecule has 0 heterocycles. The van der Waals surface area contributed by atoms with Gasteiger partial charge in [-0.15, -0.1) is 0 Å². The molecule has 1 aliphatic carbocycles. The van der Waals surface area contributed by atoms with Gasteiger partial charge in [0.05, 0.1) is 0 Å². The molecule has 0 aromatic rings. The van der Waals surface area contributed by atoms with E-state index in [9.17, 15) is 0 Å². The van der Waals surface area contributed by atoms with Crippen LogP contribution in [-0.2, 0) is 0 Å². The van der Waals surface area contributed by atoms with E-state index in [0.717, 1.165) is 18.4 Å². The lowest BCUT2D eigenvalue weighted by atomic mass is 9.83. The Morgan fingerprint density at radius 1 is 1.46 bits per heavy atom. The highest BCUT2D eigenvalue weighted by atomic mass is 14.6. The molecular formula is C12H25N. The Hall–Kier alpha value is -0.0400. The van der Waals surface area contributed by atoms with Gasteiger partial charge in [0, 0.05) is 0 Å². The van der Waals surface area contributed by atoms with Crippen LogP contribution in [0.25, 0.3) is 0 Å². The second-order valence-corrected chi connectivity index (χ2v) is 5.45. The Balaban J connectivity index is 2.43. The van der Waals surface area contributed by atoms with E-state index < -0.39 is 0 Å². The van der Waals surface area contributed by atoms with Gasteiger partial charge in [-0.3, -0.25) is 0 Å². The van der Waals surface area contributed by atoms with Crippen molar-refractivity contribution in [2.75, 3.05) is 6.54 Å². The topological polar surface area (TPSA) is 26.0 Å². The van der Waals surface area contributed by atoms with Gasteiger partial charge in [-0.2, -0.15) is 0 Å². The Kier molecular flexibility index (Phi) is 3.78. The number of rotatable bonds is 4. The van der Waals surface area contributed by atoms with Crippen molar-refractivity contribution in [3.63, 3.8) is 0 Å². The van der Waals surface area contributed by atoms with E-state index >= 15 is 0 Å². The summed E-state index contributed by atoms with van der Waals surface area (Å²) in [6.07, 6.45) is 6.83. The lowest BCUT2D eigenvalue weighted by Gasteiger charge is -2.23. The lowest BCUT2D eigenvalue weighted by molar-refractivity contribution is 0.285. The van der Waals surface area contributed by atoms with Gasteiger partial charge < -0.3 is 5.73 Å². The largest absolute Gasteiger partial charge is 0.330 e. The number of hydrogen-bond donors (Lipinski definition) is 1. The molecule has 0 amide bonds. The van der Waals surface area contributed by atoms with Crippen LogP contribution in [-0.4, -0.2) is 6.54 Å². The molecule has 1 rings (SSSR count). The Morgan fingerprint density at radius 2 is 2.15 bits per heavy atom. The van der Waals surface area contributed by atoms with Crippen LogP contribution in [0.4, 0.5) is 0 Å². The monoisotopic (exact) mass is 183 g/mol. The quantitative estimate of drug-likeness (QED) is 0.711. The first kappa shape index (κ1) is 11.0. The van der Waals surface area contributed by atoms with E-state index in [1.54, 1.807) is 0 Å². The van der Waals surface area contributed by atoms with Crippen molar-refractivity contribution in [3.05, 3.63) is 0 Å². The summed E-state index contributed by atoms with van der Waals surface area (Å²) in [4.78, 5) is 0. The van der Waals surface area contributed by atoms with Crippen molar-refractivity contribution in [2.24, 2.45) is 23.0 Å². The maximum Gasteiger partial charge on any atom is -0.00462 e. The van der Waals surface area contributed by atoms with E-state index in [1.807, 2.05) is 0 Å². The molecular weight excluding hydrogens is 158 g/mol. The highest BCUT2D eigenvalue weighted by molar-refractivity contribution is 4.85. The van der Waals surface area contributed by atoms with Crippen molar-refractivity contribution < 1.29 is 0 Å². The van der Waals surface area contributed by atoms with Crippen LogP contribution in [0.5, 0.6) is 0 Å². The minimum atomic E-state index is 0.589. The summed E-state index contributed by atoms with van der Waals surface area (Å²) in [5.41, 5.74) is 6.42. The van der Waals surface area contributed by atoms with E-state index in [2.05, 4.69) is 20.8 Å². The van der Waals surface area contributed by atoms with Crippen molar-refractivity contribution in [1.82, 2.24) is 0 Å². The maximum absolute atomic E-state index is 5.83. The lowest BCUT2D eigenvalue weighted by Crippen LogP contribution is -2.22. The summed E-state index contributed by atoms with van der Waals surface area (Å²) < 4.78 is 0. The third-order valence-electron chi connectivity index (χ3n) is 3.64. The standard InChI is InChI=1S/C12H25N/c1-4-5-11(9-13)10-6-7-12(2,3)8-10/h10-11H,4-9,13H2,1-3H3. The van der Waals surface area contributed by atoms with E-state index in [1.165, 1.54) is 32.1 Å². The zero-order chi connectivity index (χ0) is 9.90. The van der Waals surface area contributed by atoms with Gasteiger partial charge in [-0.1, -0.05) is 27.2 Å². The summed E-state index contributed by atoms with van der Waals surface area (Å²) in [5.74, 6) is 1.71. The maximum atomic E-state index is 5.83. The second kappa shape index (κ2) is 4.45. The first-order chi connectivity index (χ1) is 6.09. The summed E-state index contributed by atoms with van der Waals surface area (Å²) in [5, 5.41) is 0. The normalized spacial score (nSPS) is 29.1. The first-order valence-corrected chi connectivity index (χ1v) is 5.79. The molecule has 1 aliphatic rings. The summed E-state index contributed by atoms with van der Waals surface area (Å²) in [7, 11) is 0. The first-order valence-electron chi connectivity index (χ1n) is 5.79. The minimum absolute atomic E-state index is 0.589. The fourth-order valence-electron chi connectivity index (χ4n) is 2.81. The zero-order valence-corrected chi connectivity index (χ0v) is 9.47. The Labute approximate surface area is 83.1 Å². The summed E-state index contributed by atoms with van der Waals surface area (Å²) in [6.45, 7) is 7.95. The molecule has 2 N–H and O–H groups in total. The van der Waals surface area contributed by atoms with Gasteiger partial charge in [0.2, 0.25) is 0 Å². The molecule has 0 aliphatic heterocycles. The molecule has 13 heavy (non-hydrogen) atoms. The Morgan fingerprint density at radius 3 is 2.54 bits per heavy atom. The Bertz CT molecular complexity index is 151. The average molecular weight is 183 g/mol. The van der Waals surface area contributed by atoms with Crippen molar-refractivity contribution >= 4 is 0 Å². The average Bonchev–Trinajstić information content (AvgIpc) is 2.42. The molecule has 2 unspecified atom stereocenters. The zero-order valence-electron chi connectivity index (χ0n) is 9.47. The molecule has 1 nitrogen and oxygen atoms in total. The van der Waals surface area contributed by atoms with E-state index in [-0.39, 0.29) is 0 Å². The van der Waals surface area contributed by atoms with Crippen LogP contribution in [0.15, 0.2) is 0 Å². The van der Waals surface area contributed by atoms with Crippen molar-refractivity contribution in [1.29, 1.82) is 0 Å². The minimum Gasteiger partial charge on any atom is -0.330 e. The van der Waals surface area contributed by atoms with Crippen LogP contribution in [0, 0.1) is 17.3 Å². The highest BCUT2D eigenvalue weighted by Gasteiger charge is 2.34. The molecule has 0 aromatic heterocycles. The predicted molar refractivity (Wildman–Crippen MR) is 58.6 cm³/mol. The van der Waals surface area contributed by atoms with Crippen LogP contribution < -0.4 is 5.73 Å². The highest BCUT2D eigenvalue weighted by Crippen LogP contribution is 2.44. The predicted octanol–water partition coefficient (Wildman–Crippen LogP) is 3.19. The third kappa shape index (κ3) is 2.98. The molecule has 0 saturated heterocycles. The van der Waals surface area contributed by atoms with Gasteiger partial charge >= 0.3 is 0 Å². The number of hydrogen-bond acceptors (Lipinski definition) is 1. The molecule has 0 bridgehead atoms. The van der Waals surface area contributed by atoms with Crippen LogP contribution in [0.2, 0.25) is 0 Å². The number of nitrogens with two attached hydrogens (primary N) is 1. The van der Waals surface area contributed by atoms with Gasteiger partial charge in [0.25, 0.3) is 0 Å². The molecule has 1 saturated carbocycles.